The van der Waals surface area contributed by atoms with E-state index in [2.05, 4.69) is 0 Å². The van der Waals surface area contributed by atoms with Crippen molar-refractivity contribution >= 4 is 46.7 Å². The number of hydrogen-bond acceptors (Lipinski definition) is 8. The van der Waals surface area contributed by atoms with Gasteiger partial charge >= 0.3 is 0 Å². The van der Waals surface area contributed by atoms with E-state index in [0.29, 0.717) is 6.07 Å². The van der Waals surface area contributed by atoms with E-state index in [1.165, 1.54) is 63.6 Å². The average molecular weight is 706 g/mol. The Morgan fingerprint density at radius 3 is 2.00 bits per heavy atom. The lowest BCUT2D eigenvalue weighted by Crippen LogP contribution is -2.39. The van der Waals surface area contributed by atoms with Crippen LogP contribution in [0.2, 0.25) is 0 Å². The van der Waals surface area contributed by atoms with Crippen LogP contribution in [0.1, 0.15) is 19.4 Å². The summed E-state index contributed by atoms with van der Waals surface area (Å²) in [4.78, 5) is 13.4. The van der Waals surface area contributed by atoms with Gasteiger partial charge in [0.2, 0.25) is 20.0 Å². The van der Waals surface area contributed by atoms with Crippen molar-refractivity contribution < 1.29 is 38.8 Å². The molecular weight excluding hydrogens is 677 g/mol. The molecule has 16 heteroatoms. The lowest BCUT2D eigenvalue weighted by molar-refractivity contribution is 0.439. The Bertz CT molecular complexity index is 2390. The minimum atomic E-state index is -4.41. The molecule has 0 amide bonds. The summed E-state index contributed by atoms with van der Waals surface area (Å²) >= 11 is 0. The quantitative estimate of drug-likeness (QED) is 0.195. The summed E-state index contributed by atoms with van der Waals surface area (Å²) in [5.74, 6) is -3.62. The number of anilines is 1. The first-order valence-electron chi connectivity index (χ1n) is 14.1. The van der Waals surface area contributed by atoms with Gasteiger partial charge in [-0.3, -0.25) is 4.79 Å². The van der Waals surface area contributed by atoms with E-state index < -0.39 is 64.5 Å². The van der Waals surface area contributed by atoms with Crippen LogP contribution >= 0.6 is 0 Å². The zero-order chi connectivity index (χ0) is 34.5. The first-order chi connectivity index (χ1) is 22.0. The van der Waals surface area contributed by atoms with E-state index in [0.717, 1.165) is 32.3 Å². The fraction of sp³-hybridized carbons (Fsp3) is 0.194. The number of rotatable bonds is 10. The molecule has 11 nitrogen and oxygen atoms in total. The first-order valence-corrected chi connectivity index (χ1v) is 18.7. The fourth-order valence-corrected chi connectivity index (χ4v) is 9.61. The number of fused-ring (bicyclic) bond motifs is 1. The number of aromatic nitrogens is 2. The van der Waals surface area contributed by atoms with Crippen molar-refractivity contribution in [1.82, 2.24) is 8.54 Å². The maximum atomic E-state index is 14.7. The number of pyridine rings is 1. The van der Waals surface area contributed by atoms with Gasteiger partial charge in [0.1, 0.15) is 17.1 Å². The molecule has 0 spiro atoms. The van der Waals surface area contributed by atoms with E-state index in [1.54, 1.807) is 19.1 Å². The number of ether oxygens (including phenoxy) is 1. The van der Waals surface area contributed by atoms with Crippen molar-refractivity contribution in [3.63, 3.8) is 0 Å². The van der Waals surface area contributed by atoms with Gasteiger partial charge in [0.05, 0.1) is 22.1 Å². The fourth-order valence-electron chi connectivity index (χ4n) is 4.91. The van der Waals surface area contributed by atoms with Crippen LogP contribution in [0.4, 0.5) is 14.5 Å². The Morgan fingerprint density at radius 2 is 1.40 bits per heavy atom. The van der Waals surface area contributed by atoms with Gasteiger partial charge in [0, 0.05) is 42.0 Å². The highest BCUT2D eigenvalue weighted by Crippen LogP contribution is 2.41. The monoisotopic (exact) mass is 705 g/mol. The number of halogens is 2. The van der Waals surface area contributed by atoms with E-state index in [1.807, 2.05) is 0 Å². The Hall–Kier alpha value is -4.54. The largest absolute Gasteiger partial charge is 0.454 e. The molecule has 0 radical (unpaired) electrons. The van der Waals surface area contributed by atoms with Crippen LogP contribution < -0.4 is 14.0 Å². The van der Waals surface area contributed by atoms with Crippen LogP contribution in [0.25, 0.3) is 22.0 Å². The molecule has 0 unspecified atom stereocenters. The van der Waals surface area contributed by atoms with Crippen LogP contribution in [-0.4, -0.2) is 45.3 Å². The minimum absolute atomic E-state index is 0.0279. The van der Waals surface area contributed by atoms with Gasteiger partial charge in [-0.2, -0.15) is 3.71 Å². The van der Waals surface area contributed by atoms with Crippen molar-refractivity contribution in [2.45, 2.75) is 25.7 Å². The molecule has 0 saturated carbocycles. The number of sulfonamides is 2. The van der Waals surface area contributed by atoms with Crippen molar-refractivity contribution in [3.05, 3.63) is 107 Å². The van der Waals surface area contributed by atoms with Gasteiger partial charge in [-0.1, -0.05) is 17.7 Å². The highest BCUT2D eigenvalue weighted by molar-refractivity contribution is 8.10. The lowest BCUT2D eigenvalue weighted by Gasteiger charge is -2.24. The maximum absolute atomic E-state index is 14.7. The summed E-state index contributed by atoms with van der Waals surface area (Å²) in [5.41, 5.74) is -0.384. The van der Waals surface area contributed by atoms with Crippen LogP contribution in [0.3, 0.4) is 0 Å². The third-order valence-corrected chi connectivity index (χ3v) is 13.3. The highest BCUT2D eigenvalue weighted by Gasteiger charge is 2.33. The van der Waals surface area contributed by atoms with Gasteiger partial charge in [-0.25, -0.2) is 38.0 Å². The number of benzene rings is 3. The van der Waals surface area contributed by atoms with Crippen LogP contribution in [-0.2, 0) is 37.1 Å². The SMILES string of the molecule is CCS(=O)(=O)N(c1ccc(Oc2ccc(F)cc2F)c(-c2cn(C)c(=O)c3c2ccn3S(=O)(=O)c2ccc(C)cc2)c1)S(=O)(=O)CC. The summed E-state index contributed by atoms with van der Waals surface area (Å²) < 4.78 is 116. The molecule has 0 saturated heterocycles. The molecule has 0 fully saturated rings. The molecular formula is C31H29F2N3O8S3. The number of nitrogens with zero attached hydrogens (tertiary/aromatic N) is 3. The Morgan fingerprint density at radius 1 is 0.787 bits per heavy atom. The molecule has 0 aliphatic rings. The standard InChI is InChI=1S/C31H29F2N3O8S3/c1-5-45(38,39)36(46(40,41)6-2)22-10-14-28(44-29-13-9-21(32)17-27(29)33)25(18-22)26-19-34(4)31(37)30-24(26)15-16-35(30)47(42,43)23-11-7-20(3)8-12-23/h7-19H,5-6H2,1-4H3. The third-order valence-electron chi connectivity index (χ3n) is 7.38. The molecule has 5 rings (SSSR count). The van der Waals surface area contributed by atoms with E-state index in [4.69, 9.17) is 4.74 Å². The van der Waals surface area contributed by atoms with Crippen molar-refractivity contribution in [2.24, 2.45) is 7.05 Å². The summed E-state index contributed by atoms with van der Waals surface area (Å²) in [5, 5.41) is 0.0774. The predicted octanol–water partition coefficient (Wildman–Crippen LogP) is 5.13. The van der Waals surface area contributed by atoms with Crippen LogP contribution in [0.5, 0.6) is 11.5 Å². The zero-order valence-corrected chi connectivity index (χ0v) is 28.0. The number of hydrogen-bond donors (Lipinski definition) is 0. The lowest BCUT2D eigenvalue weighted by atomic mass is 10.0. The van der Waals surface area contributed by atoms with Crippen LogP contribution in [0.15, 0.2) is 88.8 Å². The molecule has 0 aliphatic heterocycles. The molecule has 3 aromatic carbocycles. The Kier molecular flexibility index (Phi) is 8.81. The summed E-state index contributed by atoms with van der Waals surface area (Å²) in [6.45, 7) is 4.33. The smallest absolute Gasteiger partial charge is 0.275 e. The van der Waals surface area contributed by atoms with Crippen molar-refractivity contribution in [3.8, 4) is 22.6 Å². The molecule has 2 aromatic heterocycles. The van der Waals surface area contributed by atoms with E-state index in [-0.39, 0.29) is 42.1 Å². The van der Waals surface area contributed by atoms with E-state index >= 15 is 0 Å². The molecule has 47 heavy (non-hydrogen) atoms. The highest BCUT2D eigenvalue weighted by atomic mass is 32.3. The molecule has 0 bridgehead atoms. The molecule has 0 N–H and O–H groups in total. The molecule has 2 heterocycles. The van der Waals surface area contributed by atoms with Gasteiger partial charge in [-0.15, -0.1) is 0 Å². The molecule has 0 atom stereocenters. The summed E-state index contributed by atoms with van der Waals surface area (Å²) in [6.07, 6.45) is 2.51. The average Bonchev–Trinajstić information content (AvgIpc) is 3.48. The second-order valence-electron chi connectivity index (χ2n) is 10.5. The van der Waals surface area contributed by atoms with Gasteiger partial charge < -0.3 is 9.30 Å². The first kappa shape index (κ1) is 33.8. The summed E-state index contributed by atoms with van der Waals surface area (Å²) in [6, 6.07) is 13.4. The zero-order valence-electron chi connectivity index (χ0n) is 25.5. The molecule has 5 aromatic rings. The second-order valence-corrected chi connectivity index (χ2v) is 16.8. The Balaban J connectivity index is 1.84. The molecule has 0 aliphatic carbocycles. The Labute approximate surface area is 270 Å². The normalized spacial score (nSPS) is 12.4. The van der Waals surface area contributed by atoms with Crippen LogP contribution in [0, 0.1) is 18.6 Å². The van der Waals surface area contributed by atoms with E-state index in [9.17, 15) is 38.8 Å². The maximum Gasteiger partial charge on any atom is 0.275 e. The third kappa shape index (κ3) is 6.15. The minimum Gasteiger partial charge on any atom is -0.454 e. The van der Waals surface area contributed by atoms with Gasteiger partial charge in [-0.05, 0) is 69.3 Å². The van der Waals surface area contributed by atoms with Gasteiger partial charge in [0.25, 0.3) is 15.6 Å². The van der Waals surface area contributed by atoms with Gasteiger partial charge in [0.15, 0.2) is 11.6 Å². The van der Waals surface area contributed by atoms with Crippen molar-refractivity contribution in [2.75, 3.05) is 15.2 Å². The topological polar surface area (TPSA) is 142 Å². The predicted molar refractivity (Wildman–Crippen MR) is 174 cm³/mol. The van der Waals surface area contributed by atoms with Crippen molar-refractivity contribution in [1.29, 1.82) is 0 Å². The number of aryl methyl sites for hydroxylation is 2. The molecule has 248 valence electrons. The summed E-state index contributed by atoms with van der Waals surface area (Å²) in [7, 11) is -11.7. The second kappa shape index (κ2) is 12.2.